The number of furan rings is 1. The Hall–Kier alpha value is -3.35. The molecule has 1 aliphatic rings. The first-order valence-corrected chi connectivity index (χ1v) is 8.72. The van der Waals surface area contributed by atoms with Crippen LogP contribution in [0.15, 0.2) is 57.9 Å². The van der Waals surface area contributed by atoms with E-state index in [2.05, 4.69) is 9.97 Å². The minimum absolute atomic E-state index is 0.179. The molecule has 1 N–H and O–H groups in total. The van der Waals surface area contributed by atoms with Crippen LogP contribution < -0.4 is 10.4 Å². The Morgan fingerprint density at radius 2 is 2.11 bits per heavy atom. The van der Waals surface area contributed by atoms with E-state index in [-0.39, 0.29) is 17.5 Å². The average Bonchev–Trinajstić information content (AvgIpc) is 3.38. The Kier molecular flexibility index (Phi) is 4.50. The third-order valence-corrected chi connectivity index (χ3v) is 4.78. The first-order chi connectivity index (χ1) is 13.1. The molecular weight excluding hydrogens is 346 g/mol. The number of hydrogen-bond donors (Lipinski definition) is 1. The van der Waals surface area contributed by atoms with E-state index in [4.69, 9.17) is 9.15 Å². The maximum absolute atomic E-state index is 12.9. The number of H-pyrrole nitrogens is 1. The smallest absolute Gasteiger partial charge is 0.346 e. The van der Waals surface area contributed by atoms with Crippen molar-refractivity contribution in [3.8, 4) is 17.0 Å². The Labute approximate surface area is 155 Å². The van der Waals surface area contributed by atoms with Gasteiger partial charge in [-0.2, -0.15) is 4.98 Å². The molecule has 3 aromatic rings. The number of amides is 1. The van der Waals surface area contributed by atoms with Crippen molar-refractivity contribution in [1.29, 1.82) is 0 Å². The van der Waals surface area contributed by atoms with E-state index < -0.39 is 5.69 Å². The van der Waals surface area contributed by atoms with Gasteiger partial charge in [0.25, 0.3) is 5.91 Å². The largest absolute Gasteiger partial charge is 0.497 e. The van der Waals surface area contributed by atoms with Crippen molar-refractivity contribution in [3.63, 3.8) is 0 Å². The summed E-state index contributed by atoms with van der Waals surface area (Å²) in [6.07, 6.45) is 2.47. The quantitative estimate of drug-likeness (QED) is 0.768. The molecule has 1 aromatic carbocycles. The van der Waals surface area contributed by atoms with Crippen molar-refractivity contribution in [1.82, 2.24) is 14.9 Å². The summed E-state index contributed by atoms with van der Waals surface area (Å²) in [5.74, 6) is 1.56. The lowest BCUT2D eigenvalue weighted by atomic mass is 10.1. The second-order valence-electron chi connectivity index (χ2n) is 6.47. The number of ether oxygens (including phenoxy) is 1. The number of aromatic nitrogens is 2. The van der Waals surface area contributed by atoms with Gasteiger partial charge in [0.15, 0.2) is 0 Å². The average molecular weight is 365 g/mol. The fraction of sp³-hybridized carbons (Fsp3) is 0.250. The van der Waals surface area contributed by atoms with Gasteiger partial charge in [0, 0.05) is 24.6 Å². The lowest BCUT2D eigenvalue weighted by Gasteiger charge is -2.16. The van der Waals surface area contributed by atoms with E-state index >= 15 is 0 Å². The van der Waals surface area contributed by atoms with E-state index in [1.54, 1.807) is 48.6 Å². The SMILES string of the molecule is COc1ccc(-c2cc(C(=O)N3CCC(c4ccco4)C3)[nH]c(=O)n2)cc1. The molecule has 1 atom stereocenters. The molecule has 4 rings (SSSR count). The summed E-state index contributed by atoms with van der Waals surface area (Å²) in [6, 6.07) is 12.6. The fourth-order valence-corrected chi connectivity index (χ4v) is 3.35. The number of rotatable bonds is 4. The van der Waals surface area contributed by atoms with Crippen molar-refractivity contribution in [2.45, 2.75) is 12.3 Å². The van der Waals surface area contributed by atoms with E-state index in [0.29, 0.717) is 24.5 Å². The molecule has 1 fully saturated rings. The Balaban J connectivity index is 1.57. The molecule has 1 amide bonds. The minimum Gasteiger partial charge on any atom is -0.497 e. The molecular formula is C20H19N3O4. The number of nitrogens with one attached hydrogen (secondary N) is 1. The van der Waals surface area contributed by atoms with Crippen LogP contribution in [0.1, 0.15) is 28.6 Å². The highest BCUT2D eigenvalue weighted by Gasteiger charge is 2.30. The van der Waals surface area contributed by atoms with Crippen LogP contribution in [0.3, 0.4) is 0 Å². The van der Waals surface area contributed by atoms with Crippen LogP contribution in [0.2, 0.25) is 0 Å². The molecule has 7 heteroatoms. The lowest BCUT2D eigenvalue weighted by molar-refractivity contribution is 0.0783. The molecule has 138 valence electrons. The highest BCUT2D eigenvalue weighted by Crippen LogP contribution is 2.28. The third-order valence-electron chi connectivity index (χ3n) is 4.78. The number of likely N-dealkylation sites (tertiary alicyclic amines) is 1. The van der Waals surface area contributed by atoms with Crippen LogP contribution in [-0.2, 0) is 0 Å². The van der Waals surface area contributed by atoms with Gasteiger partial charge in [-0.05, 0) is 48.9 Å². The first kappa shape index (κ1) is 17.1. The molecule has 0 radical (unpaired) electrons. The number of aromatic amines is 1. The summed E-state index contributed by atoms with van der Waals surface area (Å²) < 4.78 is 10.6. The van der Waals surface area contributed by atoms with Crippen molar-refractivity contribution >= 4 is 5.91 Å². The summed E-state index contributed by atoms with van der Waals surface area (Å²) in [5, 5.41) is 0. The summed E-state index contributed by atoms with van der Waals surface area (Å²) in [7, 11) is 1.59. The zero-order valence-electron chi connectivity index (χ0n) is 14.8. The molecule has 0 saturated carbocycles. The van der Waals surface area contributed by atoms with Crippen molar-refractivity contribution in [2.24, 2.45) is 0 Å². The first-order valence-electron chi connectivity index (χ1n) is 8.72. The second kappa shape index (κ2) is 7.11. The third kappa shape index (κ3) is 3.48. The number of carbonyl (C=O) groups is 1. The zero-order chi connectivity index (χ0) is 18.8. The number of carbonyl (C=O) groups excluding carboxylic acids is 1. The van der Waals surface area contributed by atoms with Crippen LogP contribution in [-0.4, -0.2) is 41.0 Å². The van der Waals surface area contributed by atoms with Gasteiger partial charge in [0.2, 0.25) is 0 Å². The van der Waals surface area contributed by atoms with Crippen LogP contribution in [0.25, 0.3) is 11.3 Å². The zero-order valence-corrected chi connectivity index (χ0v) is 14.8. The van der Waals surface area contributed by atoms with E-state index in [9.17, 15) is 9.59 Å². The van der Waals surface area contributed by atoms with Crippen LogP contribution in [0.4, 0.5) is 0 Å². The van der Waals surface area contributed by atoms with Crippen LogP contribution in [0.5, 0.6) is 5.75 Å². The lowest BCUT2D eigenvalue weighted by Crippen LogP contribution is -2.31. The Morgan fingerprint density at radius 1 is 1.30 bits per heavy atom. The van der Waals surface area contributed by atoms with Crippen molar-refractivity contribution in [3.05, 3.63) is 70.7 Å². The highest BCUT2D eigenvalue weighted by molar-refractivity contribution is 5.93. The molecule has 27 heavy (non-hydrogen) atoms. The van der Waals surface area contributed by atoms with E-state index in [1.165, 1.54) is 0 Å². The van der Waals surface area contributed by atoms with Gasteiger partial charge < -0.3 is 19.0 Å². The number of methoxy groups -OCH3 is 1. The Bertz CT molecular complexity index is 993. The maximum atomic E-state index is 12.9. The van der Waals surface area contributed by atoms with Gasteiger partial charge >= 0.3 is 5.69 Å². The van der Waals surface area contributed by atoms with Gasteiger partial charge in [0.1, 0.15) is 17.2 Å². The van der Waals surface area contributed by atoms with Crippen LogP contribution in [0, 0.1) is 0 Å². The normalized spacial score (nSPS) is 16.5. The molecule has 1 aliphatic heterocycles. The standard InChI is InChI=1S/C20H19N3O4/c1-26-15-6-4-13(5-7-15)16-11-17(22-20(25)21-16)19(24)23-9-8-14(12-23)18-3-2-10-27-18/h2-7,10-11,14H,8-9,12H2,1H3,(H,21,22,25). The summed E-state index contributed by atoms with van der Waals surface area (Å²) >= 11 is 0. The van der Waals surface area contributed by atoms with E-state index in [1.807, 2.05) is 12.1 Å². The topological polar surface area (TPSA) is 88.4 Å². The fourth-order valence-electron chi connectivity index (χ4n) is 3.35. The number of benzene rings is 1. The van der Waals surface area contributed by atoms with Gasteiger partial charge in [0.05, 0.1) is 19.1 Å². The molecule has 7 nitrogen and oxygen atoms in total. The Morgan fingerprint density at radius 3 is 2.81 bits per heavy atom. The maximum Gasteiger partial charge on any atom is 0.346 e. The van der Waals surface area contributed by atoms with Gasteiger partial charge in [-0.3, -0.25) is 4.79 Å². The van der Waals surface area contributed by atoms with E-state index in [0.717, 1.165) is 17.7 Å². The molecule has 3 heterocycles. The number of hydrogen-bond acceptors (Lipinski definition) is 5. The molecule has 0 bridgehead atoms. The summed E-state index contributed by atoms with van der Waals surface area (Å²) in [6.45, 7) is 1.18. The minimum atomic E-state index is -0.548. The molecule has 1 unspecified atom stereocenters. The molecule has 1 saturated heterocycles. The molecule has 0 spiro atoms. The summed E-state index contributed by atoms with van der Waals surface area (Å²) in [4.78, 5) is 33.2. The monoisotopic (exact) mass is 365 g/mol. The highest BCUT2D eigenvalue weighted by atomic mass is 16.5. The van der Waals surface area contributed by atoms with Crippen LogP contribution >= 0.6 is 0 Å². The van der Waals surface area contributed by atoms with Crippen molar-refractivity contribution < 1.29 is 13.9 Å². The van der Waals surface area contributed by atoms with Gasteiger partial charge in [-0.25, -0.2) is 4.79 Å². The predicted molar refractivity (Wildman–Crippen MR) is 98.8 cm³/mol. The number of nitrogens with zero attached hydrogens (tertiary/aromatic N) is 2. The van der Waals surface area contributed by atoms with Crippen molar-refractivity contribution in [2.75, 3.05) is 20.2 Å². The molecule has 0 aliphatic carbocycles. The van der Waals surface area contributed by atoms with Gasteiger partial charge in [-0.15, -0.1) is 0 Å². The predicted octanol–water partition coefficient (Wildman–Crippen LogP) is 2.67. The second-order valence-corrected chi connectivity index (χ2v) is 6.47. The summed E-state index contributed by atoms with van der Waals surface area (Å²) in [5.41, 5.74) is 0.881. The molecule has 2 aromatic heterocycles. The van der Waals surface area contributed by atoms with Gasteiger partial charge in [-0.1, -0.05) is 0 Å².